The molecular formula is C23H20Cl2FN3O2S. The molecule has 5 nitrogen and oxygen atoms in total. The minimum atomic E-state index is -0.412. The molecule has 0 radical (unpaired) electrons. The van der Waals surface area contributed by atoms with Crippen LogP contribution in [0.25, 0.3) is 22.7 Å². The molecule has 0 aliphatic carbocycles. The number of nitrogens with zero attached hydrogens (tertiary/aromatic N) is 2. The molecule has 0 aliphatic heterocycles. The predicted octanol–water partition coefficient (Wildman–Crippen LogP) is 8.22. The largest absolute Gasteiger partial charge is 0.491 e. The van der Waals surface area contributed by atoms with Crippen LogP contribution in [0.5, 0.6) is 5.75 Å². The van der Waals surface area contributed by atoms with Crippen LogP contribution in [0.1, 0.15) is 26.2 Å². The molecule has 0 atom stereocenters. The van der Waals surface area contributed by atoms with Crippen molar-refractivity contribution in [3.63, 3.8) is 0 Å². The first kappa shape index (κ1) is 22.6. The molecule has 0 aliphatic rings. The third-order valence-electron chi connectivity index (χ3n) is 4.67. The zero-order chi connectivity index (χ0) is 22.5. The average molecular weight is 492 g/mol. The first-order valence-electron chi connectivity index (χ1n) is 10.1. The Morgan fingerprint density at radius 3 is 2.72 bits per heavy atom. The Hall–Kier alpha value is -2.61. The standard InChI is InChI=1S/C23H20Cl2FN3O2S/c1-2-3-4-9-30-21-8-6-15(11-18(21)26)27-23-28-20(13-32-23)22-12-19(29-31-22)14-5-7-16(24)17(25)10-14/h5-8,10-13H,2-4,9H2,1H3,(H,27,28). The fourth-order valence-electron chi connectivity index (χ4n) is 2.99. The van der Waals surface area contributed by atoms with E-state index >= 15 is 0 Å². The highest BCUT2D eigenvalue weighted by Gasteiger charge is 2.14. The molecular weight excluding hydrogens is 472 g/mol. The van der Waals surface area contributed by atoms with Gasteiger partial charge in [-0.15, -0.1) is 11.3 Å². The first-order valence-corrected chi connectivity index (χ1v) is 11.7. The Morgan fingerprint density at radius 1 is 1.06 bits per heavy atom. The summed E-state index contributed by atoms with van der Waals surface area (Å²) in [6.45, 7) is 2.62. The van der Waals surface area contributed by atoms with Crippen LogP contribution in [0.15, 0.2) is 52.4 Å². The first-order chi connectivity index (χ1) is 15.5. The topological polar surface area (TPSA) is 60.2 Å². The molecule has 0 saturated carbocycles. The summed E-state index contributed by atoms with van der Waals surface area (Å²) in [6, 6.07) is 11.8. The van der Waals surface area contributed by atoms with Gasteiger partial charge in [0.05, 0.1) is 16.7 Å². The molecule has 2 heterocycles. The van der Waals surface area contributed by atoms with Gasteiger partial charge in [-0.3, -0.25) is 0 Å². The van der Waals surface area contributed by atoms with E-state index in [1.807, 2.05) is 11.4 Å². The average Bonchev–Trinajstić information content (AvgIpc) is 3.44. The van der Waals surface area contributed by atoms with Crippen molar-refractivity contribution in [1.82, 2.24) is 10.1 Å². The van der Waals surface area contributed by atoms with Crippen LogP contribution in [-0.4, -0.2) is 16.7 Å². The van der Waals surface area contributed by atoms with Crippen molar-refractivity contribution in [2.24, 2.45) is 0 Å². The Labute approximate surface area is 199 Å². The van der Waals surface area contributed by atoms with Gasteiger partial charge in [0.2, 0.25) is 0 Å². The number of aromatic nitrogens is 2. The van der Waals surface area contributed by atoms with E-state index in [9.17, 15) is 4.39 Å². The van der Waals surface area contributed by atoms with Crippen LogP contribution in [0.3, 0.4) is 0 Å². The highest BCUT2D eigenvalue weighted by molar-refractivity contribution is 7.14. The van der Waals surface area contributed by atoms with Crippen molar-refractivity contribution in [1.29, 1.82) is 0 Å². The molecule has 0 bridgehead atoms. The van der Waals surface area contributed by atoms with Crippen LogP contribution in [-0.2, 0) is 0 Å². The lowest BCUT2D eigenvalue weighted by Crippen LogP contribution is -1.99. The van der Waals surface area contributed by atoms with Crippen LogP contribution < -0.4 is 10.1 Å². The highest BCUT2D eigenvalue weighted by Crippen LogP contribution is 2.33. The molecule has 0 amide bonds. The van der Waals surface area contributed by atoms with E-state index in [1.54, 1.807) is 30.3 Å². The summed E-state index contributed by atoms with van der Waals surface area (Å²) in [5.74, 6) is 0.352. The number of anilines is 2. The van der Waals surface area contributed by atoms with E-state index in [0.29, 0.717) is 44.6 Å². The zero-order valence-electron chi connectivity index (χ0n) is 17.2. The number of unbranched alkanes of at least 4 members (excludes halogenated alkanes) is 2. The summed E-state index contributed by atoms with van der Waals surface area (Å²) in [5.41, 5.74) is 2.61. The summed E-state index contributed by atoms with van der Waals surface area (Å²) in [5, 5.41) is 10.6. The molecule has 1 N–H and O–H groups in total. The third-order valence-corrected chi connectivity index (χ3v) is 6.17. The summed E-state index contributed by atoms with van der Waals surface area (Å²) < 4.78 is 25.3. The lowest BCUT2D eigenvalue weighted by atomic mass is 10.1. The number of nitrogens with one attached hydrogen (secondary N) is 1. The normalized spacial score (nSPS) is 11.0. The molecule has 0 spiro atoms. The van der Waals surface area contributed by atoms with E-state index < -0.39 is 5.82 Å². The molecule has 4 aromatic rings. The highest BCUT2D eigenvalue weighted by atomic mass is 35.5. The van der Waals surface area contributed by atoms with Crippen LogP contribution in [0, 0.1) is 5.82 Å². The minimum absolute atomic E-state index is 0.253. The van der Waals surface area contributed by atoms with Gasteiger partial charge < -0.3 is 14.6 Å². The number of hydrogen-bond acceptors (Lipinski definition) is 6. The fraction of sp³-hybridized carbons (Fsp3) is 0.217. The molecule has 0 unspecified atom stereocenters. The smallest absolute Gasteiger partial charge is 0.187 e. The maximum atomic E-state index is 14.3. The Kier molecular flexibility index (Phi) is 7.29. The van der Waals surface area contributed by atoms with Crippen LogP contribution >= 0.6 is 34.5 Å². The van der Waals surface area contributed by atoms with E-state index in [1.165, 1.54) is 17.4 Å². The molecule has 0 fully saturated rings. The second-order valence-corrected chi connectivity index (χ2v) is 8.74. The van der Waals surface area contributed by atoms with Crippen molar-refractivity contribution in [3.05, 3.63) is 63.7 Å². The number of thiazole rings is 1. The molecule has 0 saturated heterocycles. The van der Waals surface area contributed by atoms with Crippen molar-refractivity contribution in [2.75, 3.05) is 11.9 Å². The van der Waals surface area contributed by atoms with Crippen molar-refractivity contribution < 1.29 is 13.7 Å². The van der Waals surface area contributed by atoms with Gasteiger partial charge in [-0.2, -0.15) is 0 Å². The molecule has 32 heavy (non-hydrogen) atoms. The molecule has 166 valence electrons. The van der Waals surface area contributed by atoms with E-state index in [2.05, 4.69) is 22.4 Å². The van der Waals surface area contributed by atoms with Gasteiger partial charge in [0.15, 0.2) is 22.5 Å². The van der Waals surface area contributed by atoms with Gasteiger partial charge in [0, 0.05) is 28.8 Å². The van der Waals surface area contributed by atoms with E-state index in [0.717, 1.165) is 24.8 Å². The van der Waals surface area contributed by atoms with E-state index in [-0.39, 0.29) is 5.75 Å². The second kappa shape index (κ2) is 10.3. The third kappa shape index (κ3) is 5.41. The van der Waals surface area contributed by atoms with E-state index in [4.69, 9.17) is 32.5 Å². The quantitative estimate of drug-likeness (QED) is 0.239. The second-order valence-electron chi connectivity index (χ2n) is 7.07. The number of benzene rings is 2. The van der Waals surface area contributed by atoms with Gasteiger partial charge >= 0.3 is 0 Å². The summed E-state index contributed by atoms with van der Waals surface area (Å²) >= 11 is 13.4. The van der Waals surface area contributed by atoms with Gasteiger partial charge in [0.25, 0.3) is 0 Å². The van der Waals surface area contributed by atoms with Crippen molar-refractivity contribution in [3.8, 4) is 28.5 Å². The predicted molar refractivity (Wildman–Crippen MR) is 128 cm³/mol. The maximum absolute atomic E-state index is 14.3. The maximum Gasteiger partial charge on any atom is 0.187 e. The molecule has 9 heteroatoms. The Balaban J connectivity index is 1.43. The summed E-state index contributed by atoms with van der Waals surface area (Å²) in [6.07, 6.45) is 3.06. The Bertz CT molecular complexity index is 1210. The molecule has 2 aromatic carbocycles. The van der Waals surface area contributed by atoms with Crippen LogP contribution in [0.2, 0.25) is 10.0 Å². The van der Waals surface area contributed by atoms with Crippen LogP contribution in [0.4, 0.5) is 15.2 Å². The number of rotatable bonds is 9. The lowest BCUT2D eigenvalue weighted by Gasteiger charge is -2.09. The van der Waals surface area contributed by atoms with Crippen molar-refractivity contribution in [2.45, 2.75) is 26.2 Å². The SMILES string of the molecule is CCCCCOc1ccc(Nc2nc(-c3cc(-c4ccc(Cl)c(Cl)c4)no3)cs2)cc1F. The number of hydrogen-bond donors (Lipinski definition) is 1. The summed E-state index contributed by atoms with van der Waals surface area (Å²) in [4.78, 5) is 4.51. The number of halogens is 3. The van der Waals surface area contributed by atoms with Gasteiger partial charge in [0.1, 0.15) is 11.4 Å². The zero-order valence-corrected chi connectivity index (χ0v) is 19.5. The van der Waals surface area contributed by atoms with Crippen molar-refractivity contribution >= 4 is 45.4 Å². The van der Waals surface area contributed by atoms with Gasteiger partial charge in [-0.25, -0.2) is 9.37 Å². The molecule has 2 aromatic heterocycles. The Morgan fingerprint density at radius 2 is 1.94 bits per heavy atom. The minimum Gasteiger partial charge on any atom is -0.491 e. The van der Waals surface area contributed by atoms with Gasteiger partial charge in [-0.1, -0.05) is 54.2 Å². The fourth-order valence-corrected chi connectivity index (χ4v) is 4.00. The molecule has 4 rings (SSSR count). The number of ether oxygens (including phenoxy) is 1. The summed E-state index contributed by atoms with van der Waals surface area (Å²) in [7, 11) is 0. The monoisotopic (exact) mass is 491 g/mol. The lowest BCUT2D eigenvalue weighted by molar-refractivity contribution is 0.291. The van der Waals surface area contributed by atoms with Gasteiger partial charge in [-0.05, 0) is 30.7 Å².